The smallest absolute Gasteiger partial charge is 0.302 e. The van der Waals surface area contributed by atoms with Gasteiger partial charge in [0.05, 0.1) is 26.1 Å². The fourth-order valence-corrected chi connectivity index (χ4v) is 1.45. The number of hydrogen-bond donors (Lipinski definition) is 1. The summed E-state index contributed by atoms with van der Waals surface area (Å²) in [5.41, 5.74) is 6.53. The maximum Gasteiger partial charge on any atom is 0.302 e. The monoisotopic (exact) mass is 219 g/mol. The van der Waals surface area contributed by atoms with Gasteiger partial charge in [-0.3, -0.25) is 4.57 Å². The second-order valence-electron chi connectivity index (χ2n) is 3.22. The predicted molar refractivity (Wildman–Crippen MR) is 61.1 cm³/mol. The van der Waals surface area contributed by atoms with Crippen molar-refractivity contribution in [3.05, 3.63) is 30.5 Å². The summed E-state index contributed by atoms with van der Waals surface area (Å²) in [5.74, 6) is 1.23. The topological polar surface area (TPSA) is 62.3 Å². The Kier molecular flexibility index (Phi) is 2.68. The van der Waals surface area contributed by atoms with Crippen molar-refractivity contribution in [3.63, 3.8) is 0 Å². The van der Waals surface area contributed by atoms with Crippen LogP contribution in [-0.4, -0.2) is 23.8 Å². The second kappa shape index (κ2) is 4.14. The molecule has 16 heavy (non-hydrogen) atoms. The van der Waals surface area contributed by atoms with E-state index in [1.54, 1.807) is 25.0 Å². The standard InChI is InChI=1S/C11H13N3O2/c1-15-9-5-3-8(4-6-9)14-7-10(12)13-11(14)16-2/h3-7H,12H2,1-2H3. The van der Waals surface area contributed by atoms with E-state index in [1.807, 2.05) is 24.3 Å². The molecular formula is C11H13N3O2. The van der Waals surface area contributed by atoms with E-state index in [0.29, 0.717) is 11.8 Å². The molecule has 2 rings (SSSR count). The third kappa shape index (κ3) is 1.79. The molecule has 2 aromatic rings. The fourth-order valence-electron chi connectivity index (χ4n) is 1.45. The highest BCUT2D eigenvalue weighted by Gasteiger charge is 2.07. The van der Waals surface area contributed by atoms with Crippen LogP contribution in [0.25, 0.3) is 5.69 Å². The zero-order chi connectivity index (χ0) is 11.5. The number of rotatable bonds is 3. The van der Waals surface area contributed by atoms with Crippen LogP contribution >= 0.6 is 0 Å². The van der Waals surface area contributed by atoms with Crippen LogP contribution in [0.4, 0.5) is 5.82 Å². The van der Waals surface area contributed by atoms with Gasteiger partial charge in [0.15, 0.2) is 0 Å². The summed E-state index contributed by atoms with van der Waals surface area (Å²) in [5, 5.41) is 0. The van der Waals surface area contributed by atoms with Crippen LogP contribution in [0, 0.1) is 0 Å². The zero-order valence-electron chi connectivity index (χ0n) is 9.18. The Labute approximate surface area is 93.4 Å². The lowest BCUT2D eigenvalue weighted by atomic mass is 10.3. The molecule has 0 radical (unpaired) electrons. The third-order valence-corrected chi connectivity index (χ3v) is 2.23. The molecule has 0 aliphatic rings. The van der Waals surface area contributed by atoms with Crippen LogP contribution in [-0.2, 0) is 0 Å². The maximum atomic E-state index is 5.61. The van der Waals surface area contributed by atoms with Crippen molar-refractivity contribution in [1.29, 1.82) is 0 Å². The molecule has 0 fully saturated rings. The molecule has 0 saturated heterocycles. The van der Waals surface area contributed by atoms with Crippen molar-refractivity contribution in [1.82, 2.24) is 9.55 Å². The number of imidazole rings is 1. The lowest BCUT2D eigenvalue weighted by molar-refractivity contribution is 0.374. The number of nitrogens with two attached hydrogens (primary N) is 1. The summed E-state index contributed by atoms with van der Waals surface area (Å²) in [7, 11) is 3.19. The van der Waals surface area contributed by atoms with Crippen molar-refractivity contribution in [3.8, 4) is 17.4 Å². The first-order chi connectivity index (χ1) is 7.74. The minimum atomic E-state index is 0.424. The molecule has 0 bridgehead atoms. The van der Waals surface area contributed by atoms with Crippen molar-refractivity contribution < 1.29 is 9.47 Å². The van der Waals surface area contributed by atoms with E-state index >= 15 is 0 Å². The highest BCUT2D eigenvalue weighted by molar-refractivity contribution is 5.43. The first-order valence-corrected chi connectivity index (χ1v) is 4.78. The summed E-state index contributed by atoms with van der Waals surface area (Å²) in [6.07, 6.45) is 1.71. The Morgan fingerprint density at radius 2 is 1.81 bits per heavy atom. The summed E-state index contributed by atoms with van der Waals surface area (Å²) < 4.78 is 12.0. The molecule has 84 valence electrons. The fraction of sp³-hybridized carbons (Fsp3) is 0.182. The van der Waals surface area contributed by atoms with E-state index in [1.165, 1.54) is 0 Å². The molecule has 0 aliphatic carbocycles. The first kappa shape index (κ1) is 10.4. The van der Waals surface area contributed by atoms with E-state index < -0.39 is 0 Å². The highest BCUT2D eigenvalue weighted by atomic mass is 16.5. The van der Waals surface area contributed by atoms with Crippen LogP contribution in [0.1, 0.15) is 0 Å². The van der Waals surface area contributed by atoms with Crippen molar-refractivity contribution >= 4 is 5.82 Å². The Bertz CT molecular complexity index is 476. The molecule has 0 amide bonds. The Balaban J connectivity index is 2.41. The van der Waals surface area contributed by atoms with Crippen molar-refractivity contribution in [2.45, 2.75) is 0 Å². The molecule has 0 aliphatic heterocycles. The lowest BCUT2D eigenvalue weighted by Gasteiger charge is -2.06. The average molecular weight is 219 g/mol. The van der Waals surface area contributed by atoms with E-state index in [2.05, 4.69) is 4.98 Å². The minimum Gasteiger partial charge on any atom is -0.497 e. The van der Waals surface area contributed by atoms with Gasteiger partial charge in [0.25, 0.3) is 0 Å². The SMILES string of the molecule is COc1ccc(-n2cc(N)nc2OC)cc1. The van der Waals surface area contributed by atoms with Gasteiger partial charge < -0.3 is 15.2 Å². The van der Waals surface area contributed by atoms with Crippen LogP contribution in [0.2, 0.25) is 0 Å². The molecule has 0 saturated carbocycles. The van der Waals surface area contributed by atoms with Crippen LogP contribution in [0.3, 0.4) is 0 Å². The van der Waals surface area contributed by atoms with Gasteiger partial charge in [-0.05, 0) is 24.3 Å². The maximum absolute atomic E-state index is 5.61. The molecule has 5 nitrogen and oxygen atoms in total. The second-order valence-corrected chi connectivity index (χ2v) is 3.22. The van der Waals surface area contributed by atoms with Gasteiger partial charge >= 0.3 is 6.01 Å². The summed E-state index contributed by atoms with van der Waals surface area (Å²) in [6, 6.07) is 8.00. The van der Waals surface area contributed by atoms with Gasteiger partial charge in [0, 0.05) is 0 Å². The number of hydrogen-bond acceptors (Lipinski definition) is 4. The predicted octanol–water partition coefficient (Wildman–Crippen LogP) is 1.47. The largest absolute Gasteiger partial charge is 0.497 e. The minimum absolute atomic E-state index is 0.424. The molecule has 0 spiro atoms. The summed E-state index contributed by atoms with van der Waals surface area (Å²) in [6.45, 7) is 0. The van der Waals surface area contributed by atoms with Crippen molar-refractivity contribution in [2.24, 2.45) is 0 Å². The van der Waals surface area contributed by atoms with Crippen LogP contribution < -0.4 is 15.2 Å². The number of methoxy groups -OCH3 is 2. The number of nitrogen functional groups attached to an aromatic ring is 1. The average Bonchev–Trinajstić information content (AvgIpc) is 2.70. The number of benzene rings is 1. The van der Waals surface area contributed by atoms with E-state index in [-0.39, 0.29) is 0 Å². The molecule has 0 unspecified atom stereocenters. The van der Waals surface area contributed by atoms with Crippen LogP contribution in [0.15, 0.2) is 30.5 Å². The molecular weight excluding hydrogens is 206 g/mol. The summed E-state index contributed by atoms with van der Waals surface area (Å²) in [4.78, 5) is 4.04. The number of ether oxygens (including phenoxy) is 2. The van der Waals surface area contributed by atoms with Crippen molar-refractivity contribution in [2.75, 3.05) is 20.0 Å². The molecule has 0 atom stereocenters. The van der Waals surface area contributed by atoms with Gasteiger partial charge in [-0.25, -0.2) is 0 Å². The lowest BCUT2D eigenvalue weighted by Crippen LogP contribution is -1.97. The molecule has 1 aromatic heterocycles. The Morgan fingerprint density at radius 1 is 1.12 bits per heavy atom. The summed E-state index contributed by atoms with van der Waals surface area (Å²) >= 11 is 0. The molecule has 2 N–H and O–H groups in total. The van der Waals surface area contributed by atoms with Crippen LogP contribution in [0.5, 0.6) is 11.8 Å². The zero-order valence-corrected chi connectivity index (χ0v) is 9.18. The van der Waals surface area contributed by atoms with Gasteiger partial charge in [-0.1, -0.05) is 0 Å². The quantitative estimate of drug-likeness (QED) is 0.849. The van der Waals surface area contributed by atoms with Gasteiger partial charge in [-0.2, -0.15) is 4.98 Å². The number of anilines is 1. The highest BCUT2D eigenvalue weighted by Crippen LogP contribution is 2.21. The first-order valence-electron chi connectivity index (χ1n) is 4.78. The van der Waals surface area contributed by atoms with E-state index in [0.717, 1.165) is 11.4 Å². The van der Waals surface area contributed by atoms with Gasteiger partial charge in [0.2, 0.25) is 0 Å². The molecule has 1 aromatic carbocycles. The number of nitrogens with zero attached hydrogens (tertiary/aromatic N) is 2. The molecule has 5 heteroatoms. The van der Waals surface area contributed by atoms with Gasteiger partial charge in [-0.15, -0.1) is 0 Å². The van der Waals surface area contributed by atoms with E-state index in [4.69, 9.17) is 15.2 Å². The Morgan fingerprint density at radius 3 is 2.38 bits per heavy atom. The Hall–Kier alpha value is -2.17. The molecule has 1 heterocycles. The van der Waals surface area contributed by atoms with Gasteiger partial charge in [0.1, 0.15) is 11.6 Å². The number of aromatic nitrogens is 2. The normalized spacial score (nSPS) is 10.1. The van der Waals surface area contributed by atoms with E-state index in [9.17, 15) is 0 Å². The third-order valence-electron chi connectivity index (χ3n) is 2.23.